The van der Waals surface area contributed by atoms with E-state index in [4.69, 9.17) is 26.3 Å². The van der Waals surface area contributed by atoms with Crippen LogP contribution in [0.3, 0.4) is 0 Å². The predicted octanol–water partition coefficient (Wildman–Crippen LogP) is 4.62. The van der Waals surface area contributed by atoms with Gasteiger partial charge in [-0.2, -0.15) is 10.4 Å². The number of hydrogen-bond donors (Lipinski definition) is 1. The van der Waals surface area contributed by atoms with E-state index in [1.807, 2.05) is 6.92 Å². The summed E-state index contributed by atoms with van der Waals surface area (Å²) >= 11 is 6.28. The summed E-state index contributed by atoms with van der Waals surface area (Å²) < 4.78 is 11.1. The topological polar surface area (TPSA) is 66.6 Å². The average molecular weight is 356 g/mol. The number of nitrogens with one attached hydrogen (secondary N) is 1. The first-order valence-corrected chi connectivity index (χ1v) is 8.05. The highest BCUT2D eigenvalue weighted by atomic mass is 35.5. The number of ether oxygens (including phenoxy) is 2. The fourth-order valence-corrected chi connectivity index (χ4v) is 2.28. The number of hydrogen-bond acceptors (Lipinski definition) is 5. The summed E-state index contributed by atoms with van der Waals surface area (Å²) in [6, 6.07) is 12.6. The van der Waals surface area contributed by atoms with E-state index in [-0.39, 0.29) is 0 Å². The molecule has 0 bridgehead atoms. The third-order valence-corrected chi connectivity index (χ3v) is 3.38. The molecular formula is C19H18ClN3O2. The first kappa shape index (κ1) is 18.4. The molecule has 0 aliphatic rings. The number of nitriles is 1. The molecule has 1 N–H and O–H groups in total. The van der Waals surface area contributed by atoms with Crippen molar-refractivity contribution in [3.05, 3.63) is 65.2 Å². The zero-order valence-corrected chi connectivity index (χ0v) is 14.6. The molecule has 0 aliphatic heterocycles. The molecule has 0 fully saturated rings. The van der Waals surface area contributed by atoms with Crippen LogP contribution in [0.2, 0.25) is 5.02 Å². The molecule has 0 amide bonds. The number of nitrogens with zero attached hydrogens (tertiary/aromatic N) is 2. The van der Waals surface area contributed by atoms with Crippen LogP contribution in [0.25, 0.3) is 0 Å². The summed E-state index contributed by atoms with van der Waals surface area (Å²) in [6.07, 6.45) is 3.27. The molecule has 0 aliphatic carbocycles. The number of anilines is 1. The molecule has 0 spiro atoms. The molecule has 0 aromatic heterocycles. The fourth-order valence-electron chi connectivity index (χ4n) is 2.01. The Hall–Kier alpha value is -2.97. The van der Waals surface area contributed by atoms with E-state index in [9.17, 15) is 0 Å². The van der Waals surface area contributed by atoms with E-state index >= 15 is 0 Å². The standard InChI is InChI=1S/C19H18ClN3O2/c1-3-9-25-19-17(20)10-15(11-18(19)24-4-2)13-22-23-16-7-5-14(12-21)6-8-16/h3,5-8,10-11,13,23H,1,4,9H2,2H3/b22-13+. The number of halogens is 1. The third kappa shape index (κ3) is 5.27. The van der Waals surface area contributed by atoms with E-state index in [0.29, 0.717) is 35.3 Å². The van der Waals surface area contributed by atoms with Crippen molar-refractivity contribution >= 4 is 23.5 Å². The average Bonchev–Trinajstić information content (AvgIpc) is 2.62. The maximum absolute atomic E-state index is 8.79. The van der Waals surface area contributed by atoms with Gasteiger partial charge in [-0.05, 0) is 48.9 Å². The normalized spacial score (nSPS) is 10.3. The lowest BCUT2D eigenvalue weighted by Gasteiger charge is -2.13. The first-order chi connectivity index (χ1) is 12.2. The maximum atomic E-state index is 8.79. The van der Waals surface area contributed by atoms with Crippen LogP contribution in [-0.2, 0) is 0 Å². The van der Waals surface area contributed by atoms with E-state index in [1.54, 1.807) is 48.7 Å². The third-order valence-electron chi connectivity index (χ3n) is 3.10. The van der Waals surface area contributed by atoms with Crippen molar-refractivity contribution in [2.45, 2.75) is 6.92 Å². The molecule has 5 nitrogen and oxygen atoms in total. The van der Waals surface area contributed by atoms with Crippen molar-refractivity contribution in [2.24, 2.45) is 5.10 Å². The van der Waals surface area contributed by atoms with Crippen LogP contribution in [-0.4, -0.2) is 19.4 Å². The second-order valence-electron chi connectivity index (χ2n) is 4.92. The molecule has 128 valence electrons. The van der Waals surface area contributed by atoms with Gasteiger partial charge in [0.15, 0.2) is 11.5 Å². The van der Waals surface area contributed by atoms with Gasteiger partial charge < -0.3 is 9.47 Å². The highest BCUT2D eigenvalue weighted by Gasteiger charge is 2.11. The maximum Gasteiger partial charge on any atom is 0.180 e. The van der Waals surface area contributed by atoms with Crippen LogP contribution in [0.15, 0.2) is 54.2 Å². The van der Waals surface area contributed by atoms with Crippen LogP contribution >= 0.6 is 11.6 Å². The molecule has 6 heteroatoms. The van der Waals surface area contributed by atoms with Crippen molar-refractivity contribution < 1.29 is 9.47 Å². The Morgan fingerprint density at radius 2 is 2.04 bits per heavy atom. The monoisotopic (exact) mass is 355 g/mol. The zero-order valence-electron chi connectivity index (χ0n) is 13.8. The number of benzene rings is 2. The van der Waals surface area contributed by atoms with Crippen LogP contribution in [0.1, 0.15) is 18.1 Å². The van der Waals surface area contributed by atoms with Crippen molar-refractivity contribution in [2.75, 3.05) is 18.6 Å². The Kier molecular flexibility index (Phi) is 6.87. The lowest BCUT2D eigenvalue weighted by atomic mass is 10.2. The summed E-state index contributed by atoms with van der Waals surface area (Å²) in [6.45, 7) is 6.34. The summed E-state index contributed by atoms with van der Waals surface area (Å²) in [5.41, 5.74) is 5.03. The molecule has 0 atom stereocenters. The van der Waals surface area contributed by atoms with Crippen LogP contribution in [0.5, 0.6) is 11.5 Å². The van der Waals surface area contributed by atoms with Gasteiger partial charge in [0, 0.05) is 0 Å². The van der Waals surface area contributed by atoms with Crippen LogP contribution in [0.4, 0.5) is 5.69 Å². The van der Waals surface area contributed by atoms with Gasteiger partial charge in [-0.15, -0.1) is 0 Å². The molecule has 2 rings (SSSR count). The van der Waals surface area contributed by atoms with Gasteiger partial charge in [0.2, 0.25) is 0 Å². The quantitative estimate of drug-likeness (QED) is 0.426. The Balaban J connectivity index is 2.14. The first-order valence-electron chi connectivity index (χ1n) is 7.67. The van der Waals surface area contributed by atoms with Gasteiger partial charge in [0.25, 0.3) is 0 Å². The van der Waals surface area contributed by atoms with Gasteiger partial charge in [-0.3, -0.25) is 5.43 Å². The summed E-state index contributed by atoms with van der Waals surface area (Å²) in [5.74, 6) is 1.04. The van der Waals surface area contributed by atoms with Crippen molar-refractivity contribution in [1.29, 1.82) is 5.26 Å². The SMILES string of the molecule is C=CCOc1c(Cl)cc(/C=N/Nc2ccc(C#N)cc2)cc1OCC. The van der Waals surface area contributed by atoms with Gasteiger partial charge in [-0.25, -0.2) is 0 Å². The molecule has 2 aromatic rings. The molecular weight excluding hydrogens is 338 g/mol. The second kappa shape index (κ2) is 9.36. The van der Waals surface area contributed by atoms with Crippen LogP contribution in [0, 0.1) is 11.3 Å². The van der Waals surface area contributed by atoms with E-state index in [2.05, 4.69) is 23.2 Å². The molecule has 25 heavy (non-hydrogen) atoms. The smallest absolute Gasteiger partial charge is 0.180 e. The Labute approximate surface area is 152 Å². The van der Waals surface area contributed by atoms with Crippen molar-refractivity contribution in [3.63, 3.8) is 0 Å². The minimum absolute atomic E-state index is 0.341. The lowest BCUT2D eigenvalue weighted by Crippen LogP contribution is -2.01. The Bertz CT molecular complexity index is 796. The Morgan fingerprint density at radius 1 is 1.28 bits per heavy atom. The number of rotatable bonds is 8. The second-order valence-corrected chi connectivity index (χ2v) is 5.33. The summed E-state index contributed by atoms with van der Waals surface area (Å²) in [7, 11) is 0. The molecule has 0 unspecified atom stereocenters. The summed E-state index contributed by atoms with van der Waals surface area (Å²) in [5, 5.41) is 13.4. The number of hydrazone groups is 1. The molecule has 0 saturated heterocycles. The molecule has 0 radical (unpaired) electrons. The fraction of sp³-hybridized carbons (Fsp3) is 0.158. The largest absolute Gasteiger partial charge is 0.490 e. The highest BCUT2D eigenvalue weighted by Crippen LogP contribution is 2.36. The van der Waals surface area contributed by atoms with Crippen molar-refractivity contribution in [1.82, 2.24) is 0 Å². The molecule has 0 heterocycles. The summed E-state index contributed by atoms with van der Waals surface area (Å²) in [4.78, 5) is 0. The lowest BCUT2D eigenvalue weighted by molar-refractivity contribution is 0.297. The molecule has 0 saturated carbocycles. The molecule has 2 aromatic carbocycles. The minimum atomic E-state index is 0.341. The zero-order chi connectivity index (χ0) is 18.1. The van der Waals surface area contributed by atoms with Crippen LogP contribution < -0.4 is 14.9 Å². The van der Waals surface area contributed by atoms with Gasteiger partial charge in [0.1, 0.15) is 6.61 Å². The van der Waals surface area contributed by atoms with Gasteiger partial charge >= 0.3 is 0 Å². The van der Waals surface area contributed by atoms with E-state index < -0.39 is 0 Å². The van der Waals surface area contributed by atoms with Gasteiger partial charge in [-0.1, -0.05) is 24.3 Å². The van der Waals surface area contributed by atoms with E-state index in [1.165, 1.54) is 0 Å². The minimum Gasteiger partial charge on any atom is -0.490 e. The van der Waals surface area contributed by atoms with E-state index in [0.717, 1.165) is 11.3 Å². The predicted molar refractivity (Wildman–Crippen MR) is 101 cm³/mol. The van der Waals surface area contributed by atoms with Crippen molar-refractivity contribution in [3.8, 4) is 17.6 Å². The van der Waals surface area contributed by atoms with Gasteiger partial charge in [0.05, 0.1) is 35.2 Å². The highest BCUT2D eigenvalue weighted by molar-refractivity contribution is 6.32. The Morgan fingerprint density at radius 3 is 2.68 bits per heavy atom.